The van der Waals surface area contributed by atoms with E-state index in [4.69, 9.17) is 0 Å². The Bertz CT molecular complexity index is 712. The average molecular weight is 311 g/mol. The molecule has 1 aromatic rings. The smallest absolute Gasteiger partial charge is 0.199 e. The van der Waals surface area contributed by atoms with Crippen LogP contribution in [0.4, 0.5) is 0 Å². The van der Waals surface area contributed by atoms with Gasteiger partial charge in [-0.2, -0.15) is 0 Å². The zero-order valence-electron chi connectivity index (χ0n) is 12.6. The highest BCUT2D eigenvalue weighted by Gasteiger charge is 2.25. The van der Waals surface area contributed by atoms with Crippen LogP contribution in [0.25, 0.3) is 10.6 Å². The van der Waals surface area contributed by atoms with Crippen LogP contribution < -0.4 is 0 Å². The summed E-state index contributed by atoms with van der Waals surface area (Å²) in [6, 6.07) is 5.69. The van der Waals surface area contributed by atoms with E-state index in [2.05, 4.69) is 30.8 Å². The highest BCUT2D eigenvalue weighted by atomic mass is 32.2. The highest BCUT2D eigenvalue weighted by Crippen LogP contribution is 2.44. The van der Waals surface area contributed by atoms with Gasteiger partial charge in [-0.1, -0.05) is 55.5 Å². The molecule has 4 heteroatoms. The van der Waals surface area contributed by atoms with Gasteiger partial charge in [0.15, 0.2) is 11.6 Å². The summed E-state index contributed by atoms with van der Waals surface area (Å²) < 4.78 is 0. The number of hydrogen-bond donors (Lipinski definition) is 0. The van der Waals surface area contributed by atoms with E-state index in [9.17, 15) is 9.70 Å². The van der Waals surface area contributed by atoms with Gasteiger partial charge in [0, 0.05) is 21.6 Å². The van der Waals surface area contributed by atoms with Gasteiger partial charge in [-0.15, -0.1) is 16.7 Å². The van der Waals surface area contributed by atoms with Crippen molar-refractivity contribution < 1.29 is 4.79 Å². The third-order valence-corrected chi connectivity index (χ3v) is 4.85. The lowest BCUT2D eigenvalue weighted by molar-refractivity contribution is 0.569. The number of hydrogen-bond acceptors (Lipinski definition) is 4. The number of benzene rings is 1. The molecule has 22 heavy (non-hydrogen) atoms. The molecule has 0 aromatic heterocycles. The van der Waals surface area contributed by atoms with Crippen LogP contribution in [0, 0.1) is 17.7 Å². The summed E-state index contributed by atoms with van der Waals surface area (Å²) in [6.45, 7) is 7.74. The van der Waals surface area contributed by atoms with Gasteiger partial charge in [0.1, 0.15) is 0 Å². The van der Waals surface area contributed by atoms with Crippen molar-refractivity contribution in [2.24, 2.45) is 11.1 Å². The van der Waals surface area contributed by atoms with Gasteiger partial charge in [0.2, 0.25) is 0 Å². The molecule has 1 heterocycles. The quantitative estimate of drug-likeness (QED) is 0.447. The van der Waals surface area contributed by atoms with Crippen LogP contribution in [0.2, 0.25) is 0 Å². The van der Waals surface area contributed by atoms with Crippen molar-refractivity contribution in [1.82, 2.24) is 0 Å². The van der Waals surface area contributed by atoms with Crippen LogP contribution in [-0.4, -0.2) is 11.2 Å². The second kappa shape index (κ2) is 7.21. The fraction of sp³-hybridized carbons (Fsp3) is 0.222. The molecule has 3 nitrogen and oxygen atoms in total. The van der Waals surface area contributed by atoms with E-state index < -0.39 is 0 Å². The Morgan fingerprint density at radius 2 is 2.23 bits per heavy atom. The van der Waals surface area contributed by atoms with E-state index in [0.29, 0.717) is 16.7 Å². The minimum absolute atomic E-state index is 0.182. The maximum atomic E-state index is 11.0. The molecule has 0 aliphatic carbocycles. The summed E-state index contributed by atoms with van der Waals surface area (Å²) in [5.41, 5.74) is 2.19. The van der Waals surface area contributed by atoms with Crippen LogP contribution in [0.5, 0.6) is 0 Å². The molecule has 2 rings (SSSR count). The first-order valence-corrected chi connectivity index (χ1v) is 7.86. The van der Waals surface area contributed by atoms with Crippen LogP contribution in [0.3, 0.4) is 0 Å². The summed E-state index contributed by atoms with van der Waals surface area (Å²) >= 11 is 1.72. The summed E-state index contributed by atoms with van der Waals surface area (Å²) in [5, 5.41) is 3.20. The normalized spacial score (nSPS) is 20.5. The van der Waals surface area contributed by atoms with Crippen molar-refractivity contribution in [3.63, 3.8) is 0 Å². The van der Waals surface area contributed by atoms with Crippen LogP contribution in [0.15, 0.2) is 54.3 Å². The molecule has 2 unspecified atom stereocenters. The van der Waals surface area contributed by atoms with Crippen molar-refractivity contribution in [2.45, 2.75) is 19.1 Å². The fourth-order valence-electron chi connectivity index (χ4n) is 2.39. The van der Waals surface area contributed by atoms with Crippen molar-refractivity contribution in [3.8, 4) is 0 Å². The molecular formula is C18H17NO2S. The van der Waals surface area contributed by atoms with Gasteiger partial charge in [-0.25, -0.2) is 4.79 Å². The summed E-state index contributed by atoms with van der Waals surface area (Å²) in [5.74, 6) is 1.93. The van der Waals surface area contributed by atoms with E-state index in [0.717, 1.165) is 16.0 Å². The average Bonchev–Trinajstić information content (AvgIpc) is 2.87. The Hall–Kier alpha value is -2.16. The Morgan fingerprint density at radius 3 is 2.86 bits per heavy atom. The molecule has 1 aromatic carbocycles. The summed E-state index contributed by atoms with van der Waals surface area (Å²) in [6.07, 6.45) is 7.93. The van der Waals surface area contributed by atoms with E-state index >= 15 is 0 Å². The maximum Gasteiger partial charge on any atom is 0.199 e. The molecule has 0 amide bonds. The van der Waals surface area contributed by atoms with Gasteiger partial charge in [-0.05, 0) is 23.7 Å². The minimum Gasteiger partial charge on any atom is -0.231 e. The van der Waals surface area contributed by atoms with Gasteiger partial charge < -0.3 is 0 Å². The predicted octanol–water partition coefficient (Wildman–Crippen LogP) is 4.77. The number of nitrogens with zero attached hydrogens (tertiary/aromatic N) is 1. The van der Waals surface area contributed by atoms with Crippen molar-refractivity contribution in [1.29, 1.82) is 0 Å². The topological polar surface area (TPSA) is 46.5 Å². The molecule has 0 bridgehead atoms. The number of thioether (sulfide) groups is 1. The molecule has 1 aliphatic heterocycles. The minimum atomic E-state index is -0.182. The third kappa shape index (κ3) is 3.35. The number of carbonyl (C=O) groups excluding carboxylic acids is 1. The second-order valence-electron chi connectivity index (χ2n) is 5.14. The number of nitroso groups, excluding NO2 is 1. The van der Waals surface area contributed by atoms with Gasteiger partial charge >= 0.3 is 0 Å². The lowest BCUT2D eigenvalue weighted by Gasteiger charge is -2.10. The molecule has 0 saturated carbocycles. The van der Waals surface area contributed by atoms with E-state index in [1.165, 1.54) is 0 Å². The second-order valence-corrected chi connectivity index (χ2v) is 6.56. The molecule has 1 aliphatic rings. The van der Waals surface area contributed by atoms with Gasteiger partial charge in [0.05, 0.1) is 0 Å². The Balaban J connectivity index is 2.49. The lowest BCUT2D eigenvalue weighted by Crippen LogP contribution is -2.02. The van der Waals surface area contributed by atoms with Crippen molar-refractivity contribution in [3.05, 3.63) is 70.7 Å². The molecule has 112 valence electrons. The SMILES string of the molecule is C=C/C=C\C1C=C(c2ccc(C)cc2C(=C=O)N=O)SC1C. The molecule has 0 radical (unpaired) electrons. The standard InChI is InChI=1S/C18H17NO2S/c1-4-5-6-14-10-18(22-13(14)3)15-8-7-12(2)9-16(15)17(11-20)19-21/h4-10,13-14H,1H2,2-3H3/b6-5-. The van der Waals surface area contributed by atoms with Crippen molar-refractivity contribution >= 4 is 28.3 Å². The first kappa shape index (κ1) is 16.2. The predicted molar refractivity (Wildman–Crippen MR) is 93.9 cm³/mol. The molecule has 0 fully saturated rings. The van der Waals surface area contributed by atoms with Crippen LogP contribution >= 0.6 is 11.8 Å². The number of aryl methyl sites for hydroxylation is 1. The Kier molecular flexibility index (Phi) is 5.31. The first-order chi connectivity index (χ1) is 10.6. The zero-order chi connectivity index (χ0) is 16.1. The molecule has 0 saturated heterocycles. The molecule has 0 spiro atoms. The van der Waals surface area contributed by atoms with Gasteiger partial charge in [0.25, 0.3) is 0 Å². The lowest BCUT2D eigenvalue weighted by atomic mass is 9.99. The van der Waals surface area contributed by atoms with Crippen molar-refractivity contribution in [2.75, 3.05) is 0 Å². The third-order valence-electron chi connectivity index (χ3n) is 3.55. The first-order valence-electron chi connectivity index (χ1n) is 6.98. The Labute approximate surface area is 134 Å². The van der Waals surface area contributed by atoms with Crippen LogP contribution in [0.1, 0.15) is 23.6 Å². The van der Waals surface area contributed by atoms with Crippen LogP contribution in [-0.2, 0) is 4.79 Å². The molecular weight excluding hydrogens is 294 g/mol. The Morgan fingerprint density at radius 1 is 1.45 bits per heavy atom. The largest absolute Gasteiger partial charge is 0.231 e. The number of rotatable bonds is 5. The molecule has 2 atom stereocenters. The molecule has 0 N–H and O–H groups in total. The summed E-state index contributed by atoms with van der Waals surface area (Å²) in [4.78, 5) is 22.9. The zero-order valence-corrected chi connectivity index (χ0v) is 13.4. The monoisotopic (exact) mass is 311 g/mol. The van der Waals surface area contributed by atoms with E-state index in [1.807, 2.05) is 25.1 Å². The highest BCUT2D eigenvalue weighted by molar-refractivity contribution is 8.09. The van der Waals surface area contributed by atoms with Gasteiger partial charge in [-0.3, -0.25) is 0 Å². The summed E-state index contributed by atoms with van der Waals surface area (Å²) in [7, 11) is 0. The number of allylic oxidation sites excluding steroid dienone is 4. The fourth-order valence-corrected chi connectivity index (χ4v) is 3.66. The maximum absolute atomic E-state index is 11.0. The van der Waals surface area contributed by atoms with E-state index in [-0.39, 0.29) is 5.70 Å². The van der Waals surface area contributed by atoms with E-state index in [1.54, 1.807) is 29.8 Å².